The van der Waals surface area contributed by atoms with Crippen molar-refractivity contribution >= 4 is 0 Å². The predicted octanol–water partition coefficient (Wildman–Crippen LogP) is 4.46. The Kier molecular flexibility index (Phi) is 7.49. The molecule has 0 spiro atoms. The number of nitrogens with one attached hydrogen (secondary N) is 1. The summed E-state index contributed by atoms with van der Waals surface area (Å²) in [5.74, 6) is 0.397. The minimum Gasteiger partial charge on any atom is -0.497 e. The zero-order valence-electron chi connectivity index (χ0n) is 12.3. The maximum Gasteiger partial charge on any atom is 0.131 e. The maximum absolute atomic E-state index is 14.1. The summed E-state index contributed by atoms with van der Waals surface area (Å²) in [6.45, 7) is 5.23. The van der Waals surface area contributed by atoms with Crippen molar-refractivity contribution in [2.75, 3.05) is 13.7 Å². The third-order valence-electron chi connectivity index (χ3n) is 3.32. The third kappa shape index (κ3) is 5.19. The minimum atomic E-state index is -0.176. The number of unbranched alkanes of at least 4 members (excludes halogenated alkanes) is 2. The SMILES string of the molecule is CCCCCC(NCCC)c1ccc(OC)cc1F. The van der Waals surface area contributed by atoms with Gasteiger partial charge in [0.1, 0.15) is 11.6 Å². The molecule has 0 radical (unpaired) electrons. The van der Waals surface area contributed by atoms with E-state index in [-0.39, 0.29) is 11.9 Å². The standard InChI is InChI=1S/C16H26FNO/c1-4-6-7-8-16(18-11-5-2)14-10-9-13(19-3)12-15(14)17/h9-10,12,16,18H,4-8,11H2,1-3H3. The van der Waals surface area contributed by atoms with Crippen molar-refractivity contribution in [3.05, 3.63) is 29.6 Å². The molecule has 1 unspecified atom stereocenters. The number of hydrogen-bond donors (Lipinski definition) is 1. The van der Waals surface area contributed by atoms with Crippen LogP contribution in [0.15, 0.2) is 18.2 Å². The van der Waals surface area contributed by atoms with Crippen molar-refractivity contribution in [1.29, 1.82) is 0 Å². The van der Waals surface area contributed by atoms with Gasteiger partial charge >= 0.3 is 0 Å². The molecule has 0 aliphatic heterocycles. The van der Waals surface area contributed by atoms with E-state index >= 15 is 0 Å². The molecule has 0 saturated heterocycles. The van der Waals surface area contributed by atoms with Gasteiger partial charge in [-0.3, -0.25) is 0 Å². The lowest BCUT2D eigenvalue weighted by Crippen LogP contribution is -2.23. The van der Waals surface area contributed by atoms with E-state index in [4.69, 9.17) is 4.74 Å². The van der Waals surface area contributed by atoms with Gasteiger partial charge in [-0.25, -0.2) is 4.39 Å². The van der Waals surface area contributed by atoms with E-state index in [1.54, 1.807) is 7.11 Å². The van der Waals surface area contributed by atoms with Crippen LogP contribution in [0.25, 0.3) is 0 Å². The van der Waals surface area contributed by atoms with Gasteiger partial charge in [-0.15, -0.1) is 0 Å². The first-order valence-electron chi connectivity index (χ1n) is 7.29. The predicted molar refractivity (Wildman–Crippen MR) is 78.1 cm³/mol. The summed E-state index contributed by atoms with van der Waals surface area (Å²) in [6.07, 6.45) is 5.55. The van der Waals surface area contributed by atoms with Gasteiger partial charge in [-0.1, -0.05) is 39.2 Å². The van der Waals surface area contributed by atoms with Crippen LogP contribution in [0, 0.1) is 5.82 Å². The van der Waals surface area contributed by atoms with Gasteiger partial charge in [0.05, 0.1) is 7.11 Å². The summed E-state index contributed by atoms with van der Waals surface area (Å²) >= 11 is 0. The van der Waals surface area contributed by atoms with Gasteiger partial charge in [0, 0.05) is 17.7 Å². The molecular formula is C16H26FNO. The van der Waals surface area contributed by atoms with Gasteiger partial charge in [-0.05, 0) is 25.5 Å². The fourth-order valence-corrected chi connectivity index (χ4v) is 2.20. The highest BCUT2D eigenvalue weighted by Gasteiger charge is 2.15. The second-order valence-electron chi connectivity index (χ2n) is 4.89. The highest BCUT2D eigenvalue weighted by Crippen LogP contribution is 2.25. The molecule has 2 nitrogen and oxygen atoms in total. The van der Waals surface area contributed by atoms with Gasteiger partial charge in [0.25, 0.3) is 0 Å². The Morgan fingerprint density at radius 1 is 1.21 bits per heavy atom. The molecule has 1 N–H and O–H groups in total. The summed E-state index contributed by atoms with van der Waals surface area (Å²) in [4.78, 5) is 0. The molecule has 0 saturated carbocycles. The van der Waals surface area contributed by atoms with Crippen LogP contribution >= 0.6 is 0 Å². The summed E-state index contributed by atoms with van der Waals surface area (Å²) in [5.41, 5.74) is 0.755. The lowest BCUT2D eigenvalue weighted by molar-refractivity contribution is 0.407. The Balaban J connectivity index is 2.77. The first-order valence-corrected chi connectivity index (χ1v) is 7.29. The van der Waals surface area contributed by atoms with Crippen LogP contribution < -0.4 is 10.1 Å². The van der Waals surface area contributed by atoms with E-state index < -0.39 is 0 Å². The summed E-state index contributed by atoms with van der Waals surface area (Å²) in [7, 11) is 1.56. The van der Waals surface area contributed by atoms with Gasteiger partial charge in [0.15, 0.2) is 0 Å². The van der Waals surface area contributed by atoms with Crippen molar-refractivity contribution in [1.82, 2.24) is 5.32 Å². The van der Waals surface area contributed by atoms with Crippen LogP contribution in [0.1, 0.15) is 57.6 Å². The van der Waals surface area contributed by atoms with Crippen LogP contribution in [0.4, 0.5) is 4.39 Å². The molecule has 108 valence electrons. The molecule has 3 heteroatoms. The molecular weight excluding hydrogens is 241 g/mol. The topological polar surface area (TPSA) is 21.3 Å². The monoisotopic (exact) mass is 267 g/mol. The van der Waals surface area contributed by atoms with Crippen molar-refractivity contribution < 1.29 is 9.13 Å². The molecule has 1 aromatic rings. The molecule has 0 aliphatic carbocycles. The molecule has 0 heterocycles. The fraction of sp³-hybridized carbons (Fsp3) is 0.625. The quantitative estimate of drug-likeness (QED) is 0.667. The van der Waals surface area contributed by atoms with Crippen LogP contribution in [-0.2, 0) is 0 Å². The third-order valence-corrected chi connectivity index (χ3v) is 3.32. The average molecular weight is 267 g/mol. The first kappa shape index (κ1) is 16.0. The summed E-state index contributed by atoms with van der Waals surface area (Å²) < 4.78 is 19.2. The van der Waals surface area contributed by atoms with Crippen molar-refractivity contribution in [2.45, 2.75) is 52.0 Å². The van der Waals surface area contributed by atoms with Crippen molar-refractivity contribution in [2.24, 2.45) is 0 Å². The second-order valence-corrected chi connectivity index (χ2v) is 4.89. The molecule has 0 fully saturated rings. The van der Waals surface area contributed by atoms with E-state index in [1.807, 2.05) is 12.1 Å². The van der Waals surface area contributed by atoms with E-state index in [0.717, 1.165) is 31.4 Å². The van der Waals surface area contributed by atoms with Crippen LogP contribution in [0.2, 0.25) is 0 Å². The van der Waals surface area contributed by atoms with Crippen LogP contribution in [0.5, 0.6) is 5.75 Å². The molecule has 0 aromatic heterocycles. The number of halogens is 1. The Morgan fingerprint density at radius 3 is 2.58 bits per heavy atom. The Hall–Kier alpha value is -1.09. The summed E-state index contributed by atoms with van der Waals surface area (Å²) in [6, 6.07) is 5.25. The molecule has 1 aromatic carbocycles. The smallest absolute Gasteiger partial charge is 0.131 e. The Bertz CT molecular complexity index is 368. The minimum absolute atomic E-state index is 0.109. The van der Waals surface area contributed by atoms with Crippen molar-refractivity contribution in [3.63, 3.8) is 0 Å². The lowest BCUT2D eigenvalue weighted by Gasteiger charge is -2.20. The van der Waals surface area contributed by atoms with E-state index in [0.29, 0.717) is 5.75 Å². The molecule has 1 rings (SSSR count). The molecule has 0 bridgehead atoms. The largest absolute Gasteiger partial charge is 0.497 e. The van der Waals surface area contributed by atoms with Gasteiger partial charge in [-0.2, -0.15) is 0 Å². The second kappa shape index (κ2) is 8.92. The Labute approximate surface area is 116 Å². The maximum atomic E-state index is 14.1. The van der Waals surface area contributed by atoms with E-state index in [9.17, 15) is 4.39 Å². The number of methoxy groups -OCH3 is 1. The average Bonchev–Trinajstić information content (AvgIpc) is 2.43. The highest BCUT2D eigenvalue weighted by molar-refractivity contribution is 5.30. The van der Waals surface area contributed by atoms with E-state index in [2.05, 4.69) is 19.2 Å². The van der Waals surface area contributed by atoms with Gasteiger partial charge < -0.3 is 10.1 Å². The number of benzene rings is 1. The molecule has 0 aliphatic rings. The molecule has 0 amide bonds. The Morgan fingerprint density at radius 2 is 2.00 bits per heavy atom. The van der Waals surface area contributed by atoms with E-state index in [1.165, 1.54) is 18.9 Å². The highest BCUT2D eigenvalue weighted by atomic mass is 19.1. The number of ether oxygens (including phenoxy) is 1. The number of rotatable bonds is 9. The fourth-order valence-electron chi connectivity index (χ4n) is 2.20. The zero-order chi connectivity index (χ0) is 14.1. The normalized spacial score (nSPS) is 12.4. The first-order chi connectivity index (χ1) is 9.22. The molecule has 19 heavy (non-hydrogen) atoms. The lowest BCUT2D eigenvalue weighted by atomic mass is 9.99. The van der Waals surface area contributed by atoms with Crippen LogP contribution in [-0.4, -0.2) is 13.7 Å². The molecule has 1 atom stereocenters. The number of hydrogen-bond acceptors (Lipinski definition) is 2. The summed E-state index contributed by atoms with van der Waals surface area (Å²) in [5, 5.41) is 3.44. The zero-order valence-corrected chi connectivity index (χ0v) is 12.3. The van der Waals surface area contributed by atoms with Crippen molar-refractivity contribution in [3.8, 4) is 5.75 Å². The van der Waals surface area contributed by atoms with Crippen LogP contribution in [0.3, 0.4) is 0 Å². The van der Waals surface area contributed by atoms with Gasteiger partial charge in [0.2, 0.25) is 0 Å².